The highest BCUT2D eigenvalue weighted by Gasteiger charge is 2.10. The first kappa shape index (κ1) is 21.8. The number of nitrogens with one attached hydrogen (secondary N) is 2. The topological polar surface area (TPSA) is 54.9 Å². The largest absolute Gasteiger partial charge is 0.493 e. The standard InChI is InChI=1S/C17H29N3O2.HI/c1-6-13(7-2)11-19-17(18-3)20-12-14-9-8-10-15(21-4)16(14)22-5;/h8-10,13H,6-7,11-12H2,1-5H3,(H2,18,19,20);1H. The second kappa shape index (κ2) is 12.3. The first-order valence-electron chi connectivity index (χ1n) is 7.84. The molecular weight excluding hydrogens is 405 g/mol. The Morgan fingerprint density at radius 1 is 1.13 bits per heavy atom. The predicted octanol–water partition coefficient (Wildman–Crippen LogP) is 3.42. The van der Waals surface area contributed by atoms with Gasteiger partial charge in [-0.3, -0.25) is 4.99 Å². The second-order valence-corrected chi connectivity index (χ2v) is 5.14. The zero-order chi connectivity index (χ0) is 16.4. The van der Waals surface area contributed by atoms with Crippen molar-refractivity contribution in [2.24, 2.45) is 10.9 Å². The van der Waals surface area contributed by atoms with E-state index in [9.17, 15) is 0 Å². The molecule has 0 radical (unpaired) electrons. The molecule has 0 spiro atoms. The Morgan fingerprint density at radius 2 is 1.83 bits per heavy atom. The van der Waals surface area contributed by atoms with Gasteiger partial charge in [-0.05, 0) is 12.0 Å². The summed E-state index contributed by atoms with van der Waals surface area (Å²) in [7, 11) is 5.08. The fourth-order valence-corrected chi connectivity index (χ4v) is 2.31. The van der Waals surface area contributed by atoms with Gasteiger partial charge in [0.15, 0.2) is 17.5 Å². The minimum absolute atomic E-state index is 0. The maximum Gasteiger partial charge on any atom is 0.191 e. The number of halogens is 1. The van der Waals surface area contributed by atoms with Crippen molar-refractivity contribution in [2.75, 3.05) is 27.8 Å². The number of rotatable bonds is 8. The van der Waals surface area contributed by atoms with Crippen LogP contribution in [0.15, 0.2) is 23.2 Å². The van der Waals surface area contributed by atoms with Gasteiger partial charge in [0.05, 0.1) is 14.2 Å². The lowest BCUT2D eigenvalue weighted by Gasteiger charge is -2.18. The summed E-state index contributed by atoms with van der Waals surface area (Å²) < 4.78 is 10.8. The monoisotopic (exact) mass is 435 g/mol. The zero-order valence-electron chi connectivity index (χ0n) is 14.8. The fraction of sp³-hybridized carbons (Fsp3) is 0.588. The molecule has 0 amide bonds. The number of nitrogens with zero attached hydrogens (tertiary/aromatic N) is 1. The Morgan fingerprint density at radius 3 is 2.35 bits per heavy atom. The van der Waals surface area contributed by atoms with E-state index in [-0.39, 0.29) is 24.0 Å². The van der Waals surface area contributed by atoms with E-state index < -0.39 is 0 Å². The molecule has 0 heterocycles. The molecular formula is C17H30IN3O2. The van der Waals surface area contributed by atoms with Crippen molar-refractivity contribution in [3.05, 3.63) is 23.8 Å². The van der Waals surface area contributed by atoms with Crippen LogP contribution in [0, 0.1) is 5.92 Å². The van der Waals surface area contributed by atoms with Gasteiger partial charge in [0, 0.05) is 25.7 Å². The lowest BCUT2D eigenvalue weighted by molar-refractivity contribution is 0.351. The smallest absolute Gasteiger partial charge is 0.191 e. The number of ether oxygens (including phenoxy) is 2. The van der Waals surface area contributed by atoms with E-state index >= 15 is 0 Å². The average Bonchev–Trinajstić information content (AvgIpc) is 2.57. The third-order valence-electron chi connectivity index (χ3n) is 3.87. The van der Waals surface area contributed by atoms with Gasteiger partial charge in [0.25, 0.3) is 0 Å². The highest BCUT2D eigenvalue weighted by molar-refractivity contribution is 14.0. The second-order valence-electron chi connectivity index (χ2n) is 5.14. The molecule has 0 atom stereocenters. The summed E-state index contributed by atoms with van der Waals surface area (Å²) in [5.41, 5.74) is 1.03. The number of methoxy groups -OCH3 is 2. The van der Waals surface area contributed by atoms with Crippen molar-refractivity contribution in [1.29, 1.82) is 0 Å². The Hall–Kier alpha value is -1.18. The summed E-state index contributed by atoms with van der Waals surface area (Å²) >= 11 is 0. The number of para-hydroxylation sites is 1. The molecule has 23 heavy (non-hydrogen) atoms. The van der Waals surface area contributed by atoms with E-state index in [1.165, 1.54) is 12.8 Å². The van der Waals surface area contributed by atoms with Gasteiger partial charge < -0.3 is 20.1 Å². The number of aliphatic imine (C=N–C) groups is 1. The quantitative estimate of drug-likeness (QED) is 0.373. The molecule has 0 bridgehead atoms. The molecule has 0 aliphatic carbocycles. The van der Waals surface area contributed by atoms with Crippen molar-refractivity contribution < 1.29 is 9.47 Å². The maximum absolute atomic E-state index is 5.44. The van der Waals surface area contributed by atoms with E-state index in [0.717, 1.165) is 29.6 Å². The van der Waals surface area contributed by atoms with E-state index in [1.807, 2.05) is 18.2 Å². The van der Waals surface area contributed by atoms with Crippen LogP contribution in [0.4, 0.5) is 0 Å². The molecule has 0 saturated carbocycles. The number of benzene rings is 1. The predicted molar refractivity (Wildman–Crippen MR) is 107 cm³/mol. The summed E-state index contributed by atoms with van der Waals surface area (Å²) in [5, 5.41) is 6.69. The first-order valence-corrected chi connectivity index (χ1v) is 7.84. The Labute approximate surface area is 157 Å². The molecule has 1 aromatic rings. The fourth-order valence-electron chi connectivity index (χ4n) is 2.31. The van der Waals surface area contributed by atoms with E-state index in [2.05, 4.69) is 29.5 Å². The van der Waals surface area contributed by atoms with Crippen LogP contribution in [0.5, 0.6) is 11.5 Å². The lowest BCUT2D eigenvalue weighted by Crippen LogP contribution is -2.39. The maximum atomic E-state index is 5.44. The highest BCUT2D eigenvalue weighted by atomic mass is 127. The molecule has 2 N–H and O–H groups in total. The van der Waals surface area contributed by atoms with Gasteiger partial charge in [-0.15, -0.1) is 24.0 Å². The molecule has 1 aromatic carbocycles. The number of hydrogen-bond acceptors (Lipinski definition) is 3. The molecule has 5 nitrogen and oxygen atoms in total. The van der Waals surface area contributed by atoms with Crippen molar-refractivity contribution >= 4 is 29.9 Å². The zero-order valence-corrected chi connectivity index (χ0v) is 17.1. The van der Waals surface area contributed by atoms with Crippen molar-refractivity contribution in [2.45, 2.75) is 33.2 Å². The van der Waals surface area contributed by atoms with Gasteiger partial charge in [-0.1, -0.05) is 38.8 Å². The third kappa shape index (κ3) is 6.85. The lowest BCUT2D eigenvalue weighted by atomic mass is 10.0. The third-order valence-corrected chi connectivity index (χ3v) is 3.87. The molecule has 0 aliphatic rings. The van der Waals surface area contributed by atoms with Crippen LogP contribution in [0.1, 0.15) is 32.3 Å². The SMILES string of the molecule is CCC(CC)CNC(=NC)NCc1cccc(OC)c1OC.I. The van der Waals surface area contributed by atoms with Gasteiger partial charge in [-0.2, -0.15) is 0 Å². The highest BCUT2D eigenvalue weighted by Crippen LogP contribution is 2.30. The van der Waals surface area contributed by atoms with E-state index in [1.54, 1.807) is 21.3 Å². The summed E-state index contributed by atoms with van der Waals surface area (Å²) in [6, 6.07) is 5.86. The minimum atomic E-state index is 0. The van der Waals surface area contributed by atoms with Crippen molar-refractivity contribution in [3.8, 4) is 11.5 Å². The minimum Gasteiger partial charge on any atom is -0.493 e. The van der Waals surface area contributed by atoms with Gasteiger partial charge in [0.1, 0.15) is 0 Å². The average molecular weight is 435 g/mol. The van der Waals surface area contributed by atoms with Crippen molar-refractivity contribution in [3.63, 3.8) is 0 Å². The molecule has 0 fully saturated rings. The van der Waals surface area contributed by atoms with Gasteiger partial charge in [0.2, 0.25) is 0 Å². The summed E-state index contributed by atoms with van der Waals surface area (Å²) in [5.74, 6) is 2.97. The Balaban J connectivity index is 0.00000484. The van der Waals surface area contributed by atoms with Crippen LogP contribution < -0.4 is 20.1 Å². The Kier molecular flexibility index (Phi) is 11.6. The van der Waals surface area contributed by atoms with E-state index in [0.29, 0.717) is 12.5 Å². The van der Waals surface area contributed by atoms with Crippen LogP contribution in [0.25, 0.3) is 0 Å². The number of guanidine groups is 1. The first-order chi connectivity index (χ1) is 10.7. The van der Waals surface area contributed by atoms with Crippen LogP contribution in [-0.4, -0.2) is 33.8 Å². The van der Waals surface area contributed by atoms with Crippen LogP contribution in [0.3, 0.4) is 0 Å². The molecule has 1 rings (SSSR count). The Bertz CT molecular complexity index is 477. The molecule has 132 valence electrons. The van der Waals surface area contributed by atoms with E-state index in [4.69, 9.17) is 9.47 Å². The number of hydrogen-bond donors (Lipinski definition) is 2. The van der Waals surface area contributed by atoms with Crippen LogP contribution >= 0.6 is 24.0 Å². The van der Waals surface area contributed by atoms with Crippen LogP contribution in [0.2, 0.25) is 0 Å². The summed E-state index contributed by atoms with van der Waals surface area (Å²) in [6.45, 7) is 5.99. The molecule has 0 aliphatic heterocycles. The molecule has 0 saturated heterocycles. The van der Waals surface area contributed by atoms with Gasteiger partial charge >= 0.3 is 0 Å². The molecule has 0 unspecified atom stereocenters. The summed E-state index contributed by atoms with van der Waals surface area (Å²) in [6.07, 6.45) is 2.34. The molecule has 6 heteroatoms. The normalized spacial score (nSPS) is 11.0. The van der Waals surface area contributed by atoms with Crippen LogP contribution in [-0.2, 0) is 6.54 Å². The van der Waals surface area contributed by atoms with Crippen molar-refractivity contribution in [1.82, 2.24) is 10.6 Å². The molecule has 0 aromatic heterocycles. The van der Waals surface area contributed by atoms with Gasteiger partial charge in [-0.25, -0.2) is 0 Å². The summed E-state index contributed by atoms with van der Waals surface area (Å²) in [4.78, 5) is 4.26.